The Bertz CT molecular complexity index is 1580. The number of aromatic nitrogens is 2. The second-order valence-electron chi connectivity index (χ2n) is 9.27. The molecule has 14 heteroatoms. The fraction of sp³-hybridized carbons (Fsp3) is 0.417. The molecule has 0 N–H and O–H groups in total. The van der Waals surface area contributed by atoms with E-state index in [0.29, 0.717) is 5.02 Å². The quantitative estimate of drug-likeness (QED) is 0.405. The lowest BCUT2D eigenvalue weighted by Gasteiger charge is -2.50. The minimum Gasteiger partial charge on any atom is -0.490 e. The predicted octanol–water partition coefficient (Wildman–Crippen LogP) is 3.78. The third-order valence-electron chi connectivity index (χ3n) is 6.98. The zero-order chi connectivity index (χ0) is 27.3. The third-order valence-corrected chi connectivity index (χ3v) is 11.3. The average Bonchev–Trinajstić information content (AvgIpc) is 3.28. The maximum absolute atomic E-state index is 15.4. The summed E-state index contributed by atoms with van der Waals surface area (Å²) >= 11 is 5.96. The van der Waals surface area contributed by atoms with Crippen LogP contribution in [0.25, 0.3) is 0 Å². The van der Waals surface area contributed by atoms with Crippen LogP contribution in [-0.4, -0.2) is 52.0 Å². The SMILES string of the molecule is Cc1nc(CS(=O)(=O)CC[C@@H]2OCC[C@@]3(S(=O)(=O)c4ccc(Cl)cc4)c4c(F)ccc(F)c4OCC23)no1. The Hall–Kier alpha value is -2.61. The zero-order valence-corrected chi connectivity index (χ0v) is 22.5. The number of hydrogen-bond acceptors (Lipinski definition) is 9. The van der Waals surface area contributed by atoms with Gasteiger partial charge >= 0.3 is 0 Å². The minimum absolute atomic E-state index is 0.000742. The van der Waals surface area contributed by atoms with Crippen LogP contribution in [0.4, 0.5) is 8.78 Å². The van der Waals surface area contributed by atoms with Gasteiger partial charge in [-0.3, -0.25) is 0 Å². The highest BCUT2D eigenvalue weighted by atomic mass is 35.5. The van der Waals surface area contributed by atoms with E-state index in [4.69, 9.17) is 25.6 Å². The third kappa shape index (κ3) is 4.59. The molecule has 0 radical (unpaired) electrons. The van der Waals surface area contributed by atoms with E-state index in [1.54, 1.807) is 0 Å². The van der Waals surface area contributed by atoms with E-state index in [0.717, 1.165) is 12.1 Å². The minimum atomic E-state index is -4.39. The fourth-order valence-electron chi connectivity index (χ4n) is 5.30. The van der Waals surface area contributed by atoms with Crippen molar-refractivity contribution in [2.75, 3.05) is 19.0 Å². The van der Waals surface area contributed by atoms with Crippen molar-refractivity contribution < 1.29 is 39.6 Å². The van der Waals surface area contributed by atoms with Crippen LogP contribution in [0.1, 0.15) is 30.1 Å². The normalized spacial score (nSPS) is 23.4. The van der Waals surface area contributed by atoms with Gasteiger partial charge in [0.05, 0.1) is 28.9 Å². The molecule has 2 aromatic carbocycles. The van der Waals surface area contributed by atoms with Crippen molar-refractivity contribution in [3.8, 4) is 5.75 Å². The molecule has 1 saturated heterocycles. The Morgan fingerprint density at radius 2 is 1.79 bits per heavy atom. The fourth-order valence-corrected chi connectivity index (χ4v) is 9.02. The summed E-state index contributed by atoms with van der Waals surface area (Å²) < 4.78 is 98.7. The average molecular weight is 589 g/mol. The molecule has 1 unspecified atom stereocenters. The molecular weight excluding hydrogens is 566 g/mol. The van der Waals surface area contributed by atoms with Gasteiger partial charge in [0.1, 0.15) is 16.3 Å². The largest absolute Gasteiger partial charge is 0.490 e. The maximum atomic E-state index is 15.4. The van der Waals surface area contributed by atoms with Crippen molar-refractivity contribution in [3.05, 3.63) is 70.3 Å². The van der Waals surface area contributed by atoms with Crippen LogP contribution in [0.5, 0.6) is 5.75 Å². The molecule has 3 atom stereocenters. The summed E-state index contributed by atoms with van der Waals surface area (Å²) in [7, 11) is -8.14. The van der Waals surface area contributed by atoms with Crippen molar-refractivity contribution in [2.24, 2.45) is 5.92 Å². The monoisotopic (exact) mass is 588 g/mol. The second-order valence-corrected chi connectivity index (χ2v) is 14.1. The standard InChI is InChI=1S/C24H23ClF2N2O7S2/c1-14-28-21(29-36-14)13-37(30,31)11-8-20-17-12-35-23-19(27)7-6-18(26)22(23)24(17,9-10-34-20)38(32,33)16-4-2-15(25)3-5-16/h2-7,17,20H,8-13H2,1H3/t17?,20-,24-/m0/s1. The molecule has 0 spiro atoms. The number of aryl methyl sites for hydroxylation is 1. The van der Waals surface area contributed by atoms with E-state index in [1.165, 1.54) is 31.2 Å². The first kappa shape index (κ1) is 27.0. The second kappa shape index (κ2) is 9.85. The van der Waals surface area contributed by atoms with Gasteiger partial charge in [-0.15, -0.1) is 0 Å². The zero-order valence-electron chi connectivity index (χ0n) is 20.1. The van der Waals surface area contributed by atoms with Gasteiger partial charge in [0.2, 0.25) is 5.89 Å². The Balaban J connectivity index is 1.56. The van der Waals surface area contributed by atoms with Crippen LogP contribution in [0, 0.1) is 24.5 Å². The number of nitrogens with zero attached hydrogens (tertiary/aromatic N) is 2. The molecule has 1 fully saturated rings. The Morgan fingerprint density at radius 1 is 1.08 bits per heavy atom. The van der Waals surface area contributed by atoms with Gasteiger partial charge in [0, 0.05) is 24.5 Å². The highest BCUT2D eigenvalue weighted by Gasteiger charge is 2.61. The van der Waals surface area contributed by atoms with Gasteiger partial charge < -0.3 is 14.0 Å². The van der Waals surface area contributed by atoms with Crippen molar-refractivity contribution >= 4 is 31.3 Å². The maximum Gasteiger partial charge on any atom is 0.223 e. The van der Waals surface area contributed by atoms with E-state index < -0.39 is 70.9 Å². The van der Waals surface area contributed by atoms with Crippen LogP contribution < -0.4 is 4.74 Å². The summed E-state index contributed by atoms with van der Waals surface area (Å²) in [5.41, 5.74) is -0.415. The van der Waals surface area contributed by atoms with E-state index in [1.807, 2.05) is 0 Å². The lowest BCUT2D eigenvalue weighted by atomic mass is 9.75. The molecule has 3 aromatic rings. The summed E-state index contributed by atoms with van der Waals surface area (Å²) in [6.45, 7) is 1.07. The molecule has 5 rings (SSSR count). The number of halogens is 3. The molecule has 9 nitrogen and oxygen atoms in total. The first-order valence-corrected chi connectivity index (χ1v) is 15.4. The van der Waals surface area contributed by atoms with Crippen LogP contribution >= 0.6 is 11.6 Å². The smallest absolute Gasteiger partial charge is 0.223 e. The Morgan fingerprint density at radius 3 is 2.47 bits per heavy atom. The van der Waals surface area contributed by atoms with Crippen LogP contribution in [0.2, 0.25) is 5.02 Å². The summed E-state index contributed by atoms with van der Waals surface area (Å²) in [4.78, 5) is 3.77. The van der Waals surface area contributed by atoms with E-state index in [9.17, 15) is 21.2 Å². The van der Waals surface area contributed by atoms with Gasteiger partial charge in [0.15, 0.2) is 37.1 Å². The van der Waals surface area contributed by atoms with Crippen molar-refractivity contribution in [1.29, 1.82) is 0 Å². The van der Waals surface area contributed by atoms with Gasteiger partial charge in [-0.2, -0.15) is 4.98 Å². The molecule has 2 aliphatic heterocycles. The number of benzene rings is 2. The van der Waals surface area contributed by atoms with Gasteiger partial charge in [-0.05, 0) is 49.2 Å². The lowest BCUT2D eigenvalue weighted by Crippen LogP contribution is -2.57. The topological polar surface area (TPSA) is 126 Å². The number of hydrogen-bond donors (Lipinski definition) is 0. The summed E-state index contributed by atoms with van der Waals surface area (Å²) in [5.74, 6) is -4.00. The molecule has 204 valence electrons. The number of fused-ring (bicyclic) bond motifs is 3. The number of rotatable bonds is 7. The van der Waals surface area contributed by atoms with Crippen LogP contribution in [0.3, 0.4) is 0 Å². The van der Waals surface area contributed by atoms with Gasteiger partial charge in [0.25, 0.3) is 0 Å². The molecule has 0 amide bonds. The first-order valence-electron chi connectivity index (χ1n) is 11.7. The van der Waals surface area contributed by atoms with Crippen molar-refractivity contribution in [2.45, 2.75) is 41.3 Å². The van der Waals surface area contributed by atoms with Crippen LogP contribution in [-0.2, 0) is 34.9 Å². The van der Waals surface area contributed by atoms with Gasteiger partial charge in [-0.25, -0.2) is 25.6 Å². The predicted molar refractivity (Wildman–Crippen MR) is 131 cm³/mol. The van der Waals surface area contributed by atoms with E-state index in [2.05, 4.69) is 10.1 Å². The molecular formula is C24H23ClF2N2O7S2. The first-order chi connectivity index (χ1) is 17.9. The molecule has 3 heterocycles. The summed E-state index contributed by atoms with van der Waals surface area (Å²) in [6, 6.07) is 7.13. The van der Waals surface area contributed by atoms with Crippen LogP contribution in [0.15, 0.2) is 45.8 Å². The van der Waals surface area contributed by atoms with Gasteiger partial charge in [-0.1, -0.05) is 16.8 Å². The number of ether oxygens (including phenoxy) is 2. The van der Waals surface area contributed by atoms with Crippen molar-refractivity contribution in [1.82, 2.24) is 10.1 Å². The number of sulfone groups is 2. The Kier molecular flexibility index (Phi) is 6.99. The Labute approximate surface area is 222 Å². The molecule has 0 aliphatic carbocycles. The highest BCUT2D eigenvalue weighted by Crippen LogP contribution is 2.56. The molecule has 2 aliphatic rings. The molecule has 1 aromatic heterocycles. The van der Waals surface area contributed by atoms with E-state index in [-0.39, 0.29) is 42.7 Å². The summed E-state index contributed by atoms with van der Waals surface area (Å²) in [6.07, 6.45) is -1.26. The molecule has 38 heavy (non-hydrogen) atoms. The van der Waals surface area contributed by atoms with E-state index >= 15 is 4.39 Å². The summed E-state index contributed by atoms with van der Waals surface area (Å²) in [5, 5.41) is 3.91. The molecule has 0 bridgehead atoms. The highest BCUT2D eigenvalue weighted by molar-refractivity contribution is 7.92. The molecule has 0 saturated carbocycles. The lowest BCUT2D eigenvalue weighted by molar-refractivity contribution is -0.0732. The van der Waals surface area contributed by atoms with Crippen molar-refractivity contribution in [3.63, 3.8) is 0 Å².